The molecule has 0 saturated heterocycles. The van der Waals surface area contributed by atoms with E-state index < -0.39 is 0 Å². The van der Waals surface area contributed by atoms with E-state index in [9.17, 15) is 4.79 Å². The highest BCUT2D eigenvalue weighted by atomic mass is 32.2. The van der Waals surface area contributed by atoms with Crippen molar-refractivity contribution in [1.82, 2.24) is 19.7 Å². The first-order valence-corrected chi connectivity index (χ1v) is 10.9. The zero-order valence-corrected chi connectivity index (χ0v) is 18.0. The number of allylic oxidation sites excluding steroid dienone is 1. The fourth-order valence-corrected chi connectivity index (χ4v) is 3.68. The first-order valence-electron chi connectivity index (χ1n) is 9.94. The molecular weight excluding hydrogens is 422 g/mol. The van der Waals surface area contributed by atoms with E-state index in [4.69, 9.17) is 4.74 Å². The van der Waals surface area contributed by atoms with Crippen molar-refractivity contribution in [3.8, 4) is 23.0 Å². The molecule has 1 amide bonds. The van der Waals surface area contributed by atoms with E-state index in [1.54, 1.807) is 24.4 Å². The number of hydrogen-bond acceptors (Lipinski definition) is 6. The molecular formula is C24H21N5O2S. The van der Waals surface area contributed by atoms with E-state index in [2.05, 4.69) is 27.1 Å². The monoisotopic (exact) mass is 443 g/mol. The highest BCUT2D eigenvalue weighted by molar-refractivity contribution is 7.99. The van der Waals surface area contributed by atoms with Crippen LogP contribution in [0.5, 0.6) is 11.5 Å². The molecule has 1 N–H and O–H groups in total. The third kappa shape index (κ3) is 5.41. The fourth-order valence-electron chi connectivity index (χ4n) is 2.93. The lowest BCUT2D eigenvalue weighted by Gasteiger charge is -2.09. The normalized spacial score (nSPS) is 10.5. The maximum absolute atomic E-state index is 12.5. The third-order valence-electron chi connectivity index (χ3n) is 4.37. The average Bonchev–Trinajstić information content (AvgIpc) is 3.23. The average molecular weight is 444 g/mol. The molecule has 8 heteroatoms. The molecule has 0 aliphatic heterocycles. The van der Waals surface area contributed by atoms with Gasteiger partial charge in [-0.1, -0.05) is 42.1 Å². The lowest BCUT2D eigenvalue weighted by Crippen LogP contribution is -2.14. The number of para-hydroxylation sites is 1. The van der Waals surface area contributed by atoms with Gasteiger partial charge in [0.15, 0.2) is 11.0 Å². The Balaban J connectivity index is 1.36. The molecule has 0 atom stereocenters. The van der Waals surface area contributed by atoms with Crippen LogP contribution in [0.3, 0.4) is 0 Å². The van der Waals surface area contributed by atoms with Gasteiger partial charge >= 0.3 is 0 Å². The largest absolute Gasteiger partial charge is 0.457 e. The first-order chi connectivity index (χ1) is 15.7. The van der Waals surface area contributed by atoms with Crippen LogP contribution in [0.25, 0.3) is 11.5 Å². The molecule has 32 heavy (non-hydrogen) atoms. The molecule has 2 heterocycles. The second kappa shape index (κ2) is 10.4. The Morgan fingerprint density at radius 2 is 1.75 bits per heavy atom. The topological polar surface area (TPSA) is 81.9 Å². The molecule has 4 rings (SSSR count). The number of carbonyl (C=O) groups excluding carboxylic acids is 1. The number of hydrogen-bond donors (Lipinski definition) is 1. The SMILES string of the molecule is C=CCn1c(SCC(=O)Nc2ccc(Oc3ccccc3)cc2)nnc1-c1ccccn1. The number of anilines is 1. The van der Waals surface area contributed by atoms with Crippen LogP contribution in [0.2, 0.25) is 0 Å². The third-order valence-corrected chi connectivity index (χ3v) is 5.34. The molecule has 0 aliphatic carbocycles. The van der Waals surface area contributed by atoms with Crippen LogP contribution in [0.1, 0.15) is 0 Å². The van der Waals surface area contributed by atoms with Crippen LogP contribution >= 0.6 is 11.8 Å². The molecule has 2 aromatic heterocycles. The van der Waals surface area contributed by atoms with Gasteiger partial charge in [0.25, 0.3) is 0 Å². The Morgan fingerprint density at radius 1 is 1.00 bits per heavy atom. The van der Waals surface area contributed by atoms with Gasteiger partial charge in [-0.3, -0.25) is 14.3 Å². The maximum atomic E-state index is 12.5. The van der Waals surface area contributed by atoms with Gasteiger partial charge in [0.1, 0.15) is 17.2 Å². The number of nitrogens with one attached hydrogen (secondary N) is 1. The minimum atomic E-state index is -0.140. The van der Waals surface area contributed by atoms with Gasteiger partial charge in [0.05, 0.1) is 5.75 Å². The highest BCUT2D eigenvalue weighted by Crippen LogP contribution is 2.24. The number of carbonyl (C=O) groups is 1. The van der Waals surface area contributed by atoms with E-state index in [0.717, 1.165) is 11.4 Å². The second-order valence-electron chi connectivity index (χ2n) is 6.70. The Bertz CT molecular complexity index is 1180. The summed E-state index contributed by atoms with van der Waals surface area (Å²) in [7, 11) is 0. The molecule has 0 spiro atoms. The van der Waals surface area contributed by atoms with E-state index in [1.807, 2.05) is 65.2 Å². The number of rotatable bonds is 9. The lowest BCUT2D eigenvalue weighted by atomic mass is 10.3. The fraction of sp³-hybridized carbons (Fsp3) is 0.0833. The number of thioether (sulfide) groups is 1. The number of nitrogens with zero attached hydrogens (tertiary/aromatic N) is 4. The van der Waals surface area contributed by atoms with Crippen molar-refractivity contribution >= 4 is 23.4 Å². The molecule has 0 saturated carbocycles. The second-order valence-corrected chi connectivity index (χ2v) is 7.64. The van der Waals surface area contributed by atoms with Crippen molar-refractivity contribution in [3.05, 3.63) is 91.6 Å². The summed E-state index contributed by atoms with van der Waals surface area (Å²) in [5.74, 6) is 2.15. The van der Waals surface area contributed by atoms with Crippen molar-refractivity contribution in [2.75, 3.05) is 11.1 Å². The van der Waals surface area contributed by atoms with Crippen molar-refractivity contribution in [2.45, 2.75) is 11.7 Å². The van der Waals surface area contributed by atoms with Crippen LogP contribution in [0, 0.1) is 0 Å². The quantitative estimate of drug-likeness (QED) is 0.288. The summed E-state index contributed by atoms with van der Waals surface area (Å²) in [5, 5.41) is 12.0. The van der Waals surface area contributed by atoms with Gasteiger partial charge in [-0.15, -0.1) is 16.8 Å². The molecule has 0 fully saturated rings. The lowest BCUT2D eigenvalue weighted by molar-refractivity contribution is -0.113. The Morgan fingerprint density at radius 3 is 2.47 bits per heavy atom. The Hall–Kier alpha value is -3.91. The molecule has 2 aromatic carbocycles. The van der Waals surface area contributed by atoms with Gasteiger partial charge < -0.3 is 10.1 Å². The molecule has 7 nitrogen and oxygen atoms in total. The van der Waals surface area contributed by atoms with Crippen LogP contribution in [0.4, 0.5) is 5.69 Å². The maximum Gasteiger partial charge on any atom is 0.234 e. The van der Waals surface area contributed by atoms with Gasteiger partial charge in [-0.25, -0.2) is 0 Å². The summed E-state index contributed by atoms with van der Waals surface area (Å²) in [6.07, 6.45) is 3.47. The summed E-state index contributed by atoms with van der Waals surface area (Å²) in [4.78, 5) is 16.8. The summed E-state index contributed by atoms with van der Waals surface area (Å²) < 4.78 is 7.66. The number of amides is 1. The number of benzene rings is 2. The predicted octanol–water partition coefficient (Wildman–Crippen LogP) is 5.05. The van der Waals surface area contributed by atoms with Gasteiger partial charge in [-0.05, 0) is 48.5 Å². The van der Waals surface area contributed by atoms with E-state index in [0.29, 0.717) is 29.0 Å². The minimum absolute atomic E-state index is 0.140. The molecule has 160 valence electrons. The highest BCUT2D eigenvalue weighted by Gasteiger charge is 2.15. The number of pyridine rings is 1. The smallest absolute Gasteiger partial charge is 0.234 e. The molecule has 0 bridgehead atoms. The van der Waals surface area contributed by atoms with E-state index >= 15 is 0 Å². The van der Waals surface area contributed by atoms with Gasteiger partial charge in [-0.2, -0.15) is 0 Å². The molecule has 4 aromatic rings. The summed E-state index contributed by atoms with van der Waals surface area (Å²) in [5.41, 5.74) is 1.41. The van der Waals surface area contributed by atoms with Crippen molar-refractivity contribution in [1.29, 1.82) is 0 Å². The first kappa shape index (κ1) is 21.3. The van der Waals surface area contributed by atoms with Crippen LogP contribution in [-0.2, 0) is 11.3 Å². The van der Waals surface area contributed by atoms with Gasteiger partial charge in [0.2, 0.25) is 5.91 Å². The zero-order chi connectivity index (χ0) is 22.2. The minimum Gasteiger partial charge on any atom is -0.457 e. The molecule has 0 aliphatic rings. The number of aromatic nitrogens is 4. The van der Waals surface area contributed by atoms with Crippen molar-refractivity contribution < 1.29 is 9.53 Å². The predicted molar refractivity (Wildman–Crippen MR) is 126 cm³/mol. The van der Waals surface area contributed by atoms with E-state index in [-0.39, 0.29) is 11.7 Å². The van der Waals surface area contributed by atoms with Crippen molar-refractivity contribution in [2.24, 2.45) is 0 Å². The van der Waals surface area contributed by atoms with Crippen LogP contribution in [-0.4, -0.2) is 31.4 Å². The standard InChI is InChI=1S/C24H21N5O2S/c1-2-16-29-23(21-10-6-7-15-25-21)27-28-24(29)32-17-22(30)26-18-11-13-20(14-12-18)31-19-8-4-3-5-9-19/h2-15H,1,16-17H2,(H,26,30). The molecule has 0 unspecified atom stereocenters. The zero-order valence-electron chi connectivity index (χ0n) is 17.2. The summed E-state index contributed by atoms with van der Waals surface area (Å²) in [6, 6.07) is 22.4. The van der Waals surface area contributed by atoms with E-state index in [1.165, 1.54) is 11.8 Å². The summed E-state index contributed by atoms with van der Waals surface area (Å²) in [6.45, 7) is 4.32. The van der Waals surface area contributed by atoms with Gasteiger partial charge in [0, 0.05) is 18.4 Å². The summed E-state index contributed by atoms with van der Waals surface area (Å²) >= 11 is 1.31. The Labute approximate surface area is 190 Å². The van der Waals surface area contributed by atoms with Crippen molar-refractivity contribution in [3.63, 3.8) is 0 Å². The van der Waals surface area contributed by atoms with Crippen LogP contribution in [0.15, 0.2) is 96.8 Å². The molecule has 0 radical (unpaired) electrons. The number of ether oxygens (including phenoxy) is 1. The van der Waals surface area contributed by atoms with Crippen LogP contribution < -0.4 is 10.1 Å². The Kier molecular flexibility index (Phi) is 6.94.